The van der Waals surface area contributed by atoms with Gasteiger partial charge in [-0.1, -0.05) is 18.2 Å². The van der Waals surface area contributed by atoms with Gasteiger partial charge < -0.3 is 24.8 Å². The maximum absolute atomic E-state index is 12.7. The van der Waals surface area contributed by atoms with Crippen LogP contribution in [0.4, 0.5) is 11.4 Å². The second-order valence-corrected chi connectivity index (χ2v) is 8.19. The lowest BCUT2D eigenvalue weighted by molar-refractivity contribution is -0.116. The van der Waals surface area contributed by atoms with E-state index in [2.05, 4.69) is 15.6 Å². The molecule has 4 aromatic rings. The Labute approximate surface area is 209 Å². The van der Waals surface area contributed by atoms with Gasteiger partial charge in [-0.3, -0.25) is 14.6 Å². The smallest absolute Gasteiger partial charge is 0.228 e. The molecule has 1 heterocycles. The zero-order chi connectivity index (χ0) is 25.7. The van der Waals surface area contributed by atoms with Gasteiger partial charge in [0, 0.05) is 30.3 Å². The molecule has 4 rings (SSSR count). The number of fused-ring (bicyclic) bond motifs is 1. The fourth-order valence-corrected chi connectivity index (χ4v) is 3.82. The molecule has 184 valence electrons. The van der Waals surface area contributed by atoms with Crippen molar-refractivity contribution in [1.29, 1.82) is 0 Å². The van der Waals surface area contributed by atoms with Crippen LogP contribution in [0.3, 0.4) is 0 Å². The third-order valence-corrected chi connectivity index (χ3v) is 5.55. The molecule has 0 atom stereocenters. The number of nitrogens with one attached hydrogen (secondary N) is 2. The second-order valence-electron chi connectivity index (χ2n) is 8.19. The Morgan fingerprint density at radius 1 is 0.861 bits per heavy atom. The van der Waals surface area contributed by atoms with E-state index in [9.17, 15) is 9.59 Å². The number of pyridine rings is 1. The number of carbonyl (C=O) groups is 2. The SMILES string of the molecule is COc1ccc(CC(=O)Nc2ccc(C)c(Oc3ccnc4c(NC(C)=O)cccc34)c2)cc1OC. The van der Waals surface area contributed by atoms with Gasteiger partial charge in [-0.2, -0.15) is 0 Å². The van der Waals surface area contributed by atoms with Crippen LogP contribution in [-0.2, 0) is 16.0 Å². The summed E-state index contributed by atoms with van der Waals surface area (Å²) < 4.78 is 16.8. The topological polar surface area (TPSA) is 98.8 Å². The molecule has 8 heteroatoms. The first-order valence-corrected chi connectivity index (χ1v) is 11.3. The first-order chi connectivity index (χ1) is 17.4. The molecule has 0 aliphatic carbocycles. The summed E-state index contributed by atoms with van der Waals surface area (Å²) >= 11 is 0. The minimum absolute atomic E-state index is 0.172. The van der Waals surface area contributed by atoms with Gasteiger partial charge in [-0.05, 0) is 54.4 Å². The fraction of sp³-hybridized carbons (Fsp3) is 0.179. The predicted molar refractivity (Wildman–Crippen MR) is 139 cm³/mol. The van der Waals surface area contributed by atoms with Crippen molar-refractivity contribution in [3.8, 4) is 23.0 Å². The molecule has 8 nitrogen and oxygen atoms in total. The van der Waals surface area contributed by atoms with Crippen LogP contribution in [0.1, 0.15) is 18.1 Å². The number of nitrogens with zero attached hydrogens (tertiary/aromatic N) is 1. The van der Waals surface area contributed by atoms with Crippen molar-refractivity contribution in [1.82, 2.24) is 4.98 Å². The number of hydrogen-bond acceptors (Lipinski definition) is 6. The number of aryl methyl sites for hydroxylation is 1. The van der Waals surface area contributed by atoms with Crippen LogP contribution in [0.25, 0.3) is 10.9 Å². The van der Waals surface area contributed by atoms with Gasteiger partial charge in [0.15, 0.2) is 11.5 Å². The highest BCUT2D eigenvalue weighted by Crippen LogP contribution is 2.34. The Morgan fingerprint density at radius 3 is 2.42 bits per heavy atom. The number of para-hydroxylation sites is 1. The number of amides is 2. The van der Waals surface area contributed by atoms with E-state index in [0.29, 0.717) is 39.9 Å². The monoisotopic (exact) mass is 485 g/mol. The Balaban J connectivity index is 1.54. The first-order valence-electron chi connectivity index (χ1n) is 11.3. The van der Waals surface area contributed by atoms with E-state index < -0.39 is 0 Å². The van der Waals surface area contributed by atoms with E-state index in [1.54, 1.807) is 50.7 Å². The second kappa shape index (κ2) is 10.8. The molecule has 36 heavy (non-hydrogen) atoms. The summed E-state index contributed by atoms with van der Waals surface area (Å²) in [6.45, 7) is 3.38. The van der Waals surface area contributed by atoms with E-state index in [4.69, 9.17) is 14.2 Å². The van der Waals surface area contributed by atoms with Gasteiger partial charge in [0.2, 0.25) is 11.8 Å². The Morgan fingerprint density at radius 2 is 1.67 bits per heavy atom. The summed E-state index contributed by atoms with van der Waals surface area (Å²) in [7, 11) is 3.13. The lowest BCUT2D eigenvalue weighted by atomic mass is 10.1. The van der Waals surface area contributed by atoms with Crippen molar-refractivity contribution in [2.45, 2.75) is 20.3 Å². The van der Waals surface area contributed by atoms with Crippen molar-refractivity contribution in [3.63, 3.8) is 0 Å². The molecule has 2 amide bonds. The number of aromatic nitrogens is 1. The van der Waals surface area contributed by atoms with Gasteiger partial charge in [0.25, 0.3) is 0 Å². The van der Waals surface area contributed by atoms with Crippen molar-refractivity contribution in [2.24, 2.45) is 0 Å². The Hall–Kier alpha value is -4.59. The van der Waals surface area contributed by atoms with Gasteiger partial charge in [0.1, 0.15) is 11.5 Å². The molecule has 0 fully saturated rings. The highest BCUT2D eigenvalue weighted by molar-refractivity contribution is 6.01. The average Bonchev–Trinajstić information content (AvgIpc) is 2.86. The molecule has 1 aromatic heterocycles. The summed E-state index contributed by atoms with van der Waals surface area (Å²) in [5.74, 6) is 2.00. The number of ether oxygens (including phenoxy) is 3. The van der Waals surface area contributed by atoms with Crippen LogP contribution in [0.15, 0.2) is 66.9 Å². The van der Waals surface area contributed by atoms with Crippen molar-refractivity contribution < 1.29 is 23.8 Å². The summed E-state index contributed by atoms with van der Waals surface area (Å²) in [5.41, 5.74) is 3.54. The normalized spacial score (nSPS) is 10.6. The van der Waals surface area contributed by atoms with Crippen molar-refractivity contribution in [3.05, 3.63) is 78.0 Å². The quantitative estimate of drug-likeness (QED) is 0.342. The zero-order valence-corrected chi connectivity index (χ0v) is 20.5. The minimum Gasteiger partial charge on any atom is -0.493 e. The summed E-state index contributed by atoms with van der Waals surface area (Å²) in [4.78, 5) is 28.7. The molecule has 0 unspecified atom stereocenters. The van der Waals surface area contributed by atoms with Gasteiger partial charge in [-0.15, -0.1) is 0 Å². The number of hydrogen-bond donors (Lipinski definition) is 2. The number of rotatable bonds is 8. The standard InChI is InChI=1S/C28H27N3O5/c1-17-8-10-20(31-27(33)15-19-9-11-24(34-3)26(14-19)35-4)16-25(17)36-23-12-13-29-28-21(23)6-5-7-22(28)30-18(2)32/h5-14,16H,15H2,1-4H3,(H,30,32)(H,31,33). The first kappa shape index (κ1) is 24.5. The van der Waals surface area contributed by atoms with E-state index in [0.717, 1.165) is 16.5 Å². The third kappa shape index (κ3) is 5.55. The molecular weight excluding hydrogens is 458 g/mol. The van der Waals surface area contributed by atoms with Crippen LogP contribution in [0.5, 0.6) is 23.0 Å². The molecule has 0 aliphatic heterocycles. The summed E-state index contributed by atoms with van der Waals surface area (Å²) in [5, 5.41) is 6.48. The van der Waals surface area contributed by atoms with Crippen LogP contribution in [0, 0.1) is 6.92 Å². The predicted octanol–water partition coefficient (Wildman–Crippen LogP) is 5.49. The molecule has 0 radical (unpaired) electrons. The minimum atomic E-state index is -0.178. The maximum atomic E-state index is 12.7. The number of carbonyl (C=O) groups excluding carboxylic acids is 2. The van der Waals surface area contributed by atoms with Gasteiger partial charge in [0.05, 0.1) is 31.8 Å². The van der Waals surface area contributed by atoms with Gasteiger partial charge >= 0.3 is 0 Å². The van der Waals surface area contributed by atoms with Crippen LogP contribution in [-0.4, -0.2) is 31.0 Å². The molecule has 2 N–H and O–H groups in total. The highest BCUT2D eigenvalue weighted by atomic mass is 16.5. The summed E-state index contributed by atoms with van der Waals surface area (Å²) in [6.07, 6.45) is 1.80. The molecule has 0 saturated carbocycles. The van der Waals surface area contributed by atoms with Crippen LogP contribution in [0.2, 0.25) is 0 Å². The highest BCUT2D eigenvalue weighted by Gasteiger charge is 2.13. The average molecular weight is 486 g/mol. The summed E-state index contributed by atoms with van der Waals surface area (Å²) in [6, 6.07) is 18.2. The number of methoxy groups -OCH3 is 2. The largest absolute Gasteiger partial charge is 0.493 e. The van der Waals surface area contributed by atoms with Crippen molar-refractivity contribution in [2.75, 3.05) is 24.9 Å². The van der Waals surface area contributed by atoms with E-state index in [-0.39, 0.29) is 18.2 Å². The van der Waals surface area contributed by atoms with E-state index in [1.807, 2.05) is 37.3 Å². The zero-order valence-electron chi connectivity index (χ0n) is 20.5. The molecule has 0 saturated heterocycles. The molecule has 3 aromatic carbocycles. The van der Waals surface area contributed by atoms with Crippen LogP contribution >= 0.6 is 0 Å². The number of benzene rings is 3. The van der Waals surface area contributed by atoms with Crippen LogP contribution < -0.4 is 24.8 Å². The lowest BCUT2D eigenvalue weighted by Crippen LogP contribution is -2.14. The number of anilines is 2. The Kier molecular flexibility index (Phi) is 7.34. The Bertz CT molecular complexity index is 1430. The fourth-order valence-electron chi connectivity index (χ4n) is 3.82. The molecule has 0 bridgehead atoms. The lowest BCUT2D eigenvalue weighted by Gasteiger charge is -2.14. The molecule has 0 aliphatic rings. The maximum Gasteiger partial charge on any atom is 0.228 e. The third-order valence-electron chi connectivity index (χ3n) is 5.55. The van der Waals surface area contributed by atoms with E-state index >= 15 is 0 Å². The molecule has 0 spiro atoms. The molecular formula is C28H27N3O5. The van der Waals surface area contributed by atoms with Crippen molar-refractivity contribution >= 4 is 34.1 Å². The van der Waals surface area contributed by atoms with Gasteiger partial charge in [-0.25, -0.2) is 0 Å². The van der Waals surface area contributed by atoms with E-state index in [1.165, 1.54) is 6.92 Å².